The van der Waals surface area contributed by atoms with Crippen molar-refractivity contribution in [1.29, 1.82) is 0 Å². The molecule has 0 aliphatic carbocycles. The summed E-state index contributed by atoms with van der Waals surface area (Å²) in [7, 11) is -0.267. The van der Waals surface area contributed by atoms with Gasteiger partial charge in [0.25, 0.3) is 0 Å². The van der Waals surface area contributed by atoms with E-state index in [1.54, 1.807) is 0 Å². The fraction of sp³-hybridized carbons (Fsp3) is 0.727. The van der Waals surface area contributed by atoms with Gasteiger partial charge in [-0.05, 0) is 13.8 Å². The van der Waals surface area contributed by atoms with Crippen molar-refractivity contribution in [2.24, 2.45) is 0 Å². The van der Waals surface area contributed by atoms with Gasteiger partial charge in [-0.1, -0.05) is 0 Å². The molecule has 1 heterocycles. The van der Waals surface area contributed by atoms with Crippen LogP contribution in [-0.2, 0) is 10.0 Å². The summed E-state index contributed by atoms with van der Waals surface area (Å²) in [6.07, 6.45) is 0. The number of aromatic nitrogens is 3. The molecule has 0 unspecified atom stereocenters. The Bertz CT molecular complexity index is 558. The van der Waals surface area contributed by atoms with Crippen LogP contribution < -0.4 is 16.0 Å². The quantitative estimate of drug-likeness (QED) is 0.665. The third-order valence-corrected chi connectivity index (χ3v) is 4.72. The molecule has 21 heavy (non-hydrogen) atoms. The maximum Gasteiger partial charge on any atom is 0.231 e. The van der Waals surface area contributed by atoms with Crippen molar-refractivity contribution in [3.63, 3.8) is 0 Å². The fourth-order valence-electron chi connectivity index (χ4n) is 1.58. The lowest BCUT2D eigenvalue weighted by atomic mass is 10.5. The van der Waals surface area contributed by atoms with Gasteiger partial charge in [0.1, 0.15) is 0 Å². The van der Waals surface area contributed by atoms with Gasteiger partial charge in [-0.3, -0.25) is 0 Å². The van der Waals surface area contributed by atoms with Crippen LogP contribution in [0.5, 0.6) is 0 Å². The van der Waals surface area contributed by atoms with Crippen LogP contribution in [0.4, 0.5) is 17.8 Å². The lowest BCUT2D eigenvalue weighted by Crippen LogP contribution is -2.29. The van der Waals surface area contributed by atoms with Gasteiger partial charge in [0.2, 0.25) is 27.9 Å². The largest absolute Gasteiger partial charge is 0.368 e. The first-order valence-corrected chi connectivity index (χ1v) is 8.31. The summed E-state index contributed by atoms with van der Waals surface area (Å²) in [6.45, 7) is 5.66. The zero-order valence-electron chi connectivity index (χ0n) is 12.9. The van der Waals surface area contributed by atoms with E-state index in [2.05, 4.69) is 20.3 Å². The van der Waals surface area contributed by atoms with E-state index in [0.29, 0.717) is 5.95 Å². The van der Waals surface area contributed by atoms with E-state index >= 15 is 0 Å². The predicted molar refractivity (Wildman–Crippen MR) is 83.8 cm³/mol. The molecule has 1 aromatic rings. The standard InChI is InChI=1S/C11H23N7O2S/c1-5-18(6-2)11-15-9(12)14-10(16-11)13-7-8-21(19,20)17(3)4/h5-8H2,1-4H3,(H3,12,13,14,15,16). The van der Waals surface area contributed by atoms with Crippen LogP contribution in [0.15, 0.2) is 0 Å². The van der Waals surface area contributed by atoms with Gasteiger partial charge in [0, 0.05) is 33.7 Å². The number of hydrogen-bond acceptors (Lipinski definition) is 8. The van der Waals surface area contributed by atoms with Crippen molar-refractivity contribution in [2.75, 3.05) is 55.4 Å². The number of sulfonamides is 1. The minimum absolute atomic E-state index is 0.0494. The highest BCUT2D eigenvalue weighted by atomic mass is 32.2. The van der Waals surface area contributed by atoms with Crippen LogP contribution >= 0.6 is 0 Å². The minimum Gasteiger partial charge on any atom is -0.368 e. The van der Waals surface area contributed by atoms with Gasteiger partial charge in [0.05, 0.1) is 5.75 Å². The molecule has 120 valence electrons. The monoisotopic (exact) mass is 317 g/mol. The molecule has 0 saturated carbocycles. The average Bonchev–Trinajstić information content (AvgIpc) is 2.39. The minimum atomic E-state index is -3.26. The van der Waals surface area contributed by atoms with Gasteiger partial charge < -0.3 is 16.0 Å². The van der Waals surface area contributed by atoms with Crippen LogP contribution in [0.2, 0.25) is 0 Å². The molecule has 1 aromatic heterocycles. The Morgan fingerprint density at radius 3 is 2.29 bits per heavy atom. The van der Waals surface area contributed by atoms with E-state index < -0.39 is 10.0 Å². The van der Waals surface area contributed by atoms with Gasteiger partial charge in [-0.25, -0.2) is 12.7 Å². The third kappa shape index (κ3) is 4.97. The van der Waals surface area contributed by atoms with Crippen LogP contribution in [0.3, 0.4) is 0 Å². The number of anilines is 3. The number of hydrogen-bond donors (Lipinski definition) is 2. The van der Waals surface area contributed by atoms with Crippen molar-refractivity contribution in [2.45, 2.75) is 13.8 Å². The number of rotatable bonds is 8. The number of nitrogens with zero attached hydrogens (tertiary/aromatic N) is 5. The van der Waals surface area contributed by atoms with Crippen molar-refractivity contribution in [3.8, 4) is 0 Å². The first-order valence-electron chi connectivity index (χ1n) is 6.70. The lowest BCUT2D eigenvalue weighted by Gasteiger charge is -2.19. The molecule has 0 bridgehead atoms. The summed E-state index contributed by atoms with van der Waals surface area (Å²) >= 11 is 0. The zero-order valence-corrected chi connectivity index (χ0v) is 13.7. The Kier molecular flexibility index (Phi) is 6.09. The van der Waals surface area contributed by atoms with Crippen molar-refractivity contribution < 1.29 is 8.42 Å². The van der Waals surface area contributed by atoms with Crippen LogP contribution in [0.25, 0.3) is 0 Å². The molecule has 0 saturated heterocycles. The number of nitrogen functional groups attached to an aromatic ring is 1. The normalized spacial score (nSPS) is 11.7. The maximum atomic E-state index is 11.7. The summed E-state index contributed by atoms with van der Waals surface area (Å²) in [5.74, 6) is 0.806. The van der Waals surface area contributed by atoms with E-state index in [4.69, 9.17) is 5.73 Å². The predicted octanol–water partition coefficient (Wildman–Crippen LogP) is -0.397. The molecule has 3 N–H and O–H groups in total. The number of nitrogens with one attached hydrogen (secondary N) is 1. The Morgan fingerprint density at radius 1 is 1.14 bits per heavy atom. The Labute approximate surface area is 125 Å². The van der Waals surface area contributed by atoms with Crippen LogP contribution in [-0.4, -0.2) is 67.2 Å². The molecule has 1 rings (SSSR count). The molecule has 0 aliphatic rings. The van der Waals surface area contributed by atoms with E-state index in [1.165, 1.54) is 18.4 Å². The highest BCUT2D eigenvalue weighted by Crippen LogP contribution is 2.11. The maximum absolute atomic E-state index is 11.7. The highest BCUT2D eigenvalue weighted by molar-refractivity contribution is 7.89. The lowest BCUT2D eigenvalue weighted by molar-refractivity contribution is 0.521. The summed E-state index contributed by atoms with van der Waals surface area (Å²) < 4.78 is 24.5. The summed E-state index contributed by atoms with van der Waals surface area (Å²) in [5.41, 5.74) is 5.66. The highest BCUT2D eigenvalue weighted by Gasteiger charge is 2.14. The fourth-order valence-corrected chi connectivity index (χ4v) is 2.31. The van der Waals surface area contributed by atoms with Gasteiger partial charge in [-0.15, -0.1) is 0 Å². The van der Waals surface area contributed by atoms with E-state index in [-0.39, 0.29) is 24.2 Å². The van der Waals surface area contributed by atoms with E-state index in [9.17, 15) is 8.42 Å². The van der Waals surface area contributed by atoms with Gasteiger partial charge >= 0.3 is 0 Å². The second-order valence-corrected chi connectivity index (χ2v) is 6.82. The number of nitrogens with two attached hydrogens (primary N) is 1. The molecule has 0 spiro atoms. The topological polar surface area (TPSA) is 117 Å². The van der Waals surface area contributed by atoms with Gasteiger partial charge in [-0.2, -0.15) is 15.0 Å². The molecule has 10 heteroatoms. The van der Waals surface area contributed by atoms with Gasteiger partial charge in [0.15, 0.2) is 0 Å². The first kappa shape index (κ1) is 17.4. The van der Waals surface area contributed by atoms with Crippen molar-refractivity contribution in [3.05, 3.63) is 0 Å². The zero-order chi connectivity index (χ0) is 16.0. The molecular formula is C11H23N7O2S. The Morgan fingerprint density at radius 2 is 1.76 bits per heavy atom. The Hall–Kier alpha value is -1.68. The first-order chi connectivity index (χ1) is 9.80. The van der Waals surface area contributed by atoms with Crippen LogP contribution in [0, 0.1) is 0 Å². The summed E-state index contributed by atoms with van der Waals surface area (Å²) in [5, 5.41) is 2.87. The molecule has 0 fully saturated rings. The molecule has 0 amide bonds. The summed E-state index contributed by atoms with van der Waals surface area (Å²) in [4.78, 5) is 14.2. The average molecular weight is 317 g/mol. The van der Waals surface area contributed by atoms with Crippen molar-refractivity contribution in [1.82, 2.24) is 19.3 Å². The van der Waals surface area contributed by atoms with E-state index in [1.807, 2.05) is 18.7 Å². The molecule has 9 nitrogen and oxygen atoms in total. The van der Waals surface area contributed by atoms with E-state index in [0.717, 1.165) is 13.1 Å². The molecule has 0 radical (unpaired) electrons. The van der Waals surface area contributed by atoms with Crippen LogP contribution in [0.1, 0.15) is 13.8 Å². The third-order valence-electron chi connectivity index (χ3n) is 2.89. The molecule has 0 aromatic carbocycles. The molecular weight excluding hydrogens is 294 g/mol. The smallest absolute Gasteiger partial charge is 0.231 e. The SMILES string of the molecule is CCN(CC)c1nc(N)nc(NCCS(=O)(=O)N(C)C)n1. The molecule has 0 aliphatic heterocycles. The molecule has 0 atom stereocenters. The summed E-state index contributed by atoms with van der Waals surface area (Å²) in [6, 6.07) is 0. The van der Waals surface area contributed by atoms with Crippen molar-refractivity contribution >= 4 is 27.9 Å². The second-order valence-electron chi connectivity index (χ2n) is 4.51. The second kappa shape index (κ2) is 7.36. The Balaban J connectivity index is 2.76.